The van der Waals surface area contributed by atoms with Crippen molar-refractivity contribution in [1.82, 2.24) is 9.78 Å². The summed E-state index contributed by atoms with van der Waals surface area (Å²) < 4.78 is 7.86. The Morgan fingerprint density at radius 3 is 2.64 bits per heavy atom. The highest BCUT2D eigenvalue weighted by Gasteiger charge is 2.12. The summed E-state index contributed by atoms with van der Waals surface area (Å²) in [5.74, 6) is 0.183. The maximum absolute atomic E-state index is 12.3. The second-order valence-electron chi connectivity index (χ2n) is 5.70. The van der Waals surface area contributed by atoms with E-state index >= 15 is 0 Å². The third kappa shape index (κ3) is 4.24. The minimum atomic E-state index is -0.217. The quantitative estimate of drug-likeness (QED) is 0.613. The van der Waals surface area contributed by atoms with Crippen molar-refractivity contribution in [2.45, 2.75) is 20.4 Å². The SMILES string of the molecule is Cc1ccc(-c2nn(CC(=O)Nc3ccc(Br)cc3C)c(=S)o2)cc1. The molecule has 128 valence electrons. The standard InChI is InChI=1S/C18H16BrN3O2S/c1-11-3-5-13(6-4-11)17-21-22(18(25)24-17)10-16(23)20-15-8-7-14(19)9-12(15)2/h3-9H,10H2,1-2H3,(H,20,23). The normalized spacial score (nSPS) is 10.7. The molecule has 0 saturated carbocycles. The lowest BCUT2D eigenvalue weighted by Crippen LogP contribution is -2.20. The van der Waals surface area contributed by atoms with Gasteiger partial charge in [0.05, 0.1) is 0 Å². The maximum atomic E-state index is 12.3. The van der Waals surface area contributed by atoms with Gasteiger partial charge in [-0.25, -0.2) is 4.68 Å². The van der Waals surface area contributed by atoms with Crippen LogP contribution in [0.1, 0.15) is 11.1 Å². The van der Waals surface area contributed by atoms with E-state index in [9.17, 15) is 4.79 Å². The van der Waals surface area contributed by atoms with E-state index in [0.29, 0.717) is 5.89 Å². The van der Waals surface area contributed by atoms with Crippen LogP contribution in [0.5, 0.6) is 0 Å². The first-order valence-corrected chi connectivity index (χ1v) is 8.83. The van der Waals surface area contributed by atoms with Crippen molar-refractivity contribution in [3.8, 4) is 11.5 Å². The lowest BCUT2D eigenvalue weighted by atomic mass is 10.1. The summed E-state index contributed by atoms with van der Waals surface area (Å²) in [6.45, 7) is 3.92. The van der Waals surface area contributed by atoms with Crippen molar-refractivity contribution in [2.24, 2.45) is 0 Å². The largest absolute Gasteiger partial charge is 0.409 e. The van der Waals surface area contributed by atoms with Crippen molar-refractivity contribution in [3.05, 3.63) is 62.9 Å². The molecule has 3 aromatic rings. The number of aryl methyl sites for hydroxylation is 2. The Labute approximate surface area is 158 Å². The zero-order valence-corrected chi connectivity index (χ0v) is 16.1. The summed E-state index contributed by atoms with van der Waals surface area (Å²) in [7, 11) is 0. The van der Waals surface area contributed by atoms with E-state index in [-0.39, 0.29) is 17.3 Å². The van der Waals surface area contributed by atoms with Crippen LogP contribution in [0.25, 0.3) is 11.5 Å². The van der Waals surface area contributed by atoms with Crippen LogP contribution in [0.2, 0.25) is 0 Å². The van der Waals surface area contributed by atoms with Gasteiger partial charge in [-0.1, -0.05) is 33.6 Å². The first-order chi connectivity index (χ1) is 11.9. The molecular formula is C18H16BrN3O2S. The fraction of sp³-hybridized carbons (Fsp3) is 0.167. The third-order valence-electron chi connectivity index (χ3n) is 3.66. The third-order valence-corrected chi connectivity index (χ3v) is 4.45. The number of anilines is 1. The summed E-state index contributed by atoms with van der Waals surface area (Å²) >= 11 is 8.57. The van der Waals surface area contributed by atoms with Crippen LogP contribution in [0.15, 0.2) is 51.4 Å². The fourth-order valence-corrected chi connectivity index (χ4v) is 2.97. The number of carbonyl (C=O) groups excluding carboxylic acids is 1. The number of aromatic nitrogens is 2. The van der Waals surface area contributed by atoms with Crippen LogP contribution in [-0.2, 0) is 11.3 Å². The van der Waals surface area contributed by atoms with Gasteiger partial charge in [0, 0.05) is 15.7 Å². The van der Waals surface area contributed by atoms with Gasteiger partial charge in [-0.2, -0.15) is 0 Å². The second kappa shape index (κ2) is 7.33. The molecule has 7 heteroatoms. The monoisotopic (exact) mass is 417 g/mol. The molecule has 0 atom stereocenters. The Bertz CT molecular complexity index is 977. The van der Waals surface area contributed by atoms with Gasteiger partial charge < -0.3 is 9.73 Å². The first kappa shape index (κ1) is 17.6. The molecule has 0 saturated heterocycles. The Kier molecular flexibility index (Phi) is 5.15. The van der Waals surface area contributed by atoms with Crippen molar-refractivity contribution < 1.29 is 9.21 Å². The van der Waals surface area contributed by atoms with Crippen molar-refractivity contribution >= 4 is 39.7 Å². The molecular weight excluding hydrogens is 402 g/mol. The number of hydrogen-bond acceptors (Lipinski definition) is 4. The molecule has 0 radical (unpaired) electrons. The smallest absolute Gasteiger partial charge is 0.287 e. The minimum Gasteiger partial charge on any atom is -0.409 e. The highest BCUT2D eigenvalue weighted by Crippen LogP contribution is 2.21. The second-order valence-corrected chi connectivity index (χ2v) is 6.97. The lowest BCUT2D eigenvalue weighted by molar-refractivity contribution is -0.117. The zero-order valence-electron chi connectivity index (χ0n) is 13.7. The summed E-state index contributed by atoms with van der Waals surface area (Å²) in [5, 5.41) is 7.17. The highest BCUT2D eigenvalue weighted by atomic mass is 79.9. The van der Waals surface area contributed by atoms with Crippen LogP contribution < -0.4 is 5.32 Å². The number of carbonyl (C=O) groups is 1. The van der Waals surface area contributed by atoms with Crippen LogP contribution in [-0.4, -0.2) is 15.7 Å². The molecule has 1 aromatic heterocycles. The van der Waals surface area contributed by atoms with E-state index in [1.165, 1.54) is 4.68 Å². The van der Waals surface area contributed by atoms with Crippen molar-refractivity contribution in [3.63, 3.8) is 0 Å². The highest BCUT2D eigenvalue weighted by molar-refractivity contribution is 9.10. The molecule has 5 nitrogen and oxygen atoms in total. The van der Waals surface area contributed by atoms with Crippen LogP contribution in [0.3, 0.4) is 0 Å². The number of hydrogen-bond donors (Lipinski definition) is 1. The average Bonchev–Trinajstić information content (AvgIpc) is 2.91. The van der Waals surface area contributed by atoms with Crippen LogP contribution >= 0.6 is 28.1 Å². The number of halogens is 1. The molecule has 0 spiro atoms. The summed E-state index contributed by atoms with van der Waals surface area (Å²) in [6.07, 6.45) is 0. The van der Waals surface area contributed by atoms with Crippen LogP contribution in [0, 0.1) is 18.7 Å². The first-order valence-electron chi connectivity index (χ1n) is 7.63. The molecule has 0 aliphatic rings. The molecule has 1 amide bonds. The number of amides is 1. The van der Waals surface area contributed by atoms with Gasteiger partial charge >= 0.3 is 0 Å². The predicted octanol–water partition coefficient (Wildman–Crippen LogP) is 4.89. The van der Waals surface area contributed by atoms with E-state index in [1.54, 1.807) is 0 Å². The predicted molar refractivity (Wildman–Crippen MR) is 103 cm³/mol. The fourth-order valence-electron chi connectivity index (χ4n) is 2.31. The molecule has 1 N–H and O–H groups in total. The number of nitrogens with zero attached hydrogens (tertiary/aromatic N) is 2. The van der Waals surface area contributed by atoms with Gasteiger partial charge in [-0.3, -0.25) is 4.79 Å². The average molecular weight is 418 g/mol. The van der Waals surface area contributed by atoms with E-state index in [4.69, 9.17) is 16.6 Å². The molecule has 2 aromatic carbocycles. The van der Waals surface area contributed by atoms with Gasteiger partial charge in [-0.15, -0.1) is 5.10 Å². The van der Waals surface area contributed by atoms with E-state index in [0.717, 1.165) is 26.9 Å². The maximum Gasteiger partial charge on any atom is 0.287 e. The van der Waals surface area contributed by atoms with E-state index in [2.05, 4.69) is 26.3 Å². The van der Waals surface area contributed by atoms with Gasteiger partial charge in [0.15, 0.2) is 0 Å². The lowest BCUT2D eigenvalue weighted by Gasteiger charge is -2.08. The Morgan fingerprint density at radius 1 is 1.24 bits per heavy atom. The Morgan fingerprint density at radius 2 is 1.96 bits per heavy atom. The minimum absolute atomic E-state index is 0.0102. The van der Waals surface area contributed by atoms with Gasteiger partial charge in [-0.05, 0) is 62.0 Å². The molecule has 3 rings (SSSR count). The van der Waals surface area contributed by atoms with Gasteiger partial charge in [0.1, 0.15) is 6.54 Å². The molecule has 0 unspecified atom stereocenters. The number of rotatable bonds is 4. The van der Waals surface area contributed by atoms with E-state index in [1.807, 2.05) is 56.3 Å². The molecule has 0 aliphatic carbocycles. The van der Waals surface area contributed by atoms with Crippen molar-refractivity contribution in [2.75, 3.05) is 5.32 Å². The molecule has 0 aliphatic heterocycles. The molecule has 0 bridgehead atoms. The molecule has 0 fully saturated rings. The van der Waals surface area contributed by atoms with Crippen LogP contribution in [0.4, 0.5) is 5.69 Å². The topological polar surface area (TPSA) is 60.1 Å². The van der Waals surface area contributed by atoms with Gasteiger partial charge in [0.25, 0.3) is 4.84 Å². The summed E-state index contributed by atoms with van der Waals surface area (Å²) in [6, 6.07) is 13.4. The summed E-state index contributed by atoms with van der Waals surface area (Å²) in [4.78, 5) is 12.5. The number of benzene rings is 2. The van der Waals surface area contributed by atoms with Crippen molar-refractivity contribution in [1.29, 1.82) is 0 Å². The van der Waals surface area contributed by atoms with Gasteiger partial charge in [0.2, 0.25) is 11.8 Å². The Hall–Kier alpha value is -2.25. The zero-order chi connectivity index (χ0) is 18.0. The molecule has 25 heavy (non-hydrogen) atoms. The number of nitrogens with one attached hydrogen (secondary N) is 1. The van der Waals surface area contributed by atoms with E-state index < -0.39 is 0 Å². The summed E-state index contributed by atoms with van der Waals surface area (Å²) in [5.41, 5.74) is 3.68. The Balaban J connectivity index is 1.75. The molecule has 1 heterocycles.